The molecule has 1 aromatic rings. The molecule has 0 fully saturated rings. The fourth-order valence-corrected chi connectivity index (χ4v) is 2.04. The molecule has 0 saturated carbocycles. The third-order valence-corrected chi connectivity index (χ3v) is 3.43. The molecule has 0 aliphatic rings. The average Bonchev–Trinajstić information content (AvgIpc) is 2.64. The summed E-state index contributed by atoms with van der Waals surface area (Å²) >= 11 is 0. The molecule has 0 bridgehead atoms. The fraction of sp³-hybridized carbons (Fsp3) is 0.389. The van der Waals surface area contributed by atoms with Crippen LogP contribution in [-0.4, -0.2) is 46.9 Å². The number of carboxylic acid groups (broad SMARTS) is 1. The Morgan fingerprint density at radius 2 is 1.85 bits per heavy atom. The molecule has 140 valence electrons. The van der Waals surface area contributed by atoms with E-state index in [9.17, 15) is 19.5 Å². The van der Waals surface area contributed by atoms with Crippen molar-refractivity contribution in [2.24, 2.45) is 0 Å². The van der Waals surface area contributed by atoms with E-state index in [0.29, 0.717) is 12.8 Å². The van der Waals surface area contributed by atoms with E-state index in [1.165, 1.54) is 0 Å². The summed E-state index contributed by atoms with van der Waals surface area (Å²) in [4.78, 5) is 35.0. The standard InChI is InChI=1S/C18H22N2O6/c1-2-3-5-10-14(17(23)24)19-16(22)15(11-21)20-18(25)26-12-13-8-6-4-7-9-13/h1,4,6-9,14-15,21H,3,5,10-12H2,(H,19,22)(H,20,25)(H,23,24)/t14-,15-/m0/s1. The molecule has 0 saturated heterocycles. The van der Waals surface area contributed by atoms with Crippen molar-refractivity contribution in [1.82, 2.24) is 10.6 Å². The van der Waals surface area contributed by atoms with Gasteiger partial charge in [-0.2, -0.15) is 0 Å². The lowest BCUT2D eigenvalue weighted by Gasteiger charge is -2.19. The highest BCUT2D eigenvalue weighted by Crippen LogP contribution is 2.03. The topological polar surface area (TPSA) is 125 Å². The second-order valence-corrected chi connectivity index (χ2v) is 5.44. The number of carbonyl (C=O) groups is 3. The first-order chi connectivity index (χ1) is 12.5. The molecule has 0 radical (unpaired) electrons. The van der Waals surface area contributed by atoms with Gasteiger partial charge in [-0.25, -0.2) is 9.59 Å². The third-order valence-electron chi connectivity index (χ3n) is 3.43. The molecular weight excluding hydrogens is 340 g/mol. The number of nitrogens with one attached hydrogen (secondary N) is 2. The number of aliphatic carboxylic acids is 1. The van der Waals surface area contributed by atoms with E-state index in [2.05, 4.69) is 16.6 Å². The van der Waals surface area contributed by atoms with Gasteiger partial charge in [0.1, 0.15) is 18.7 Å². The van der Waals surface area contributed by atoms with Crippen LogP contribution in [0.5, 0.6) is 0 Å². The van der Waals surface area contributed by atoms with Crippen LogP contribution in [0.4, 0.5) is 4.79 Å². The SMILES string of the molecule is C#CCCC[C@H](NC(=O)[C@H](CO)NC(=O)OCc1ccccc1)C(=O)O. The smallest absolute Gasteiger partial charge is 0.408 e. The van der Waals surface area contributed by atoms with Crippen LogP contribution in [0.1, 0.15) is 24.8 Å². The molecular formula is C18H22N2O6. The van der Waals surface area contributed by atoms with Crippen molar-refractivity contribution in [2.45, 2.75) is 38.0 Å². The minimum absolute atomic E-state index is 0.00369. The van der Waals surface area contributed by atoms with Crippen molar-refractivity contribution in [3.8, 4) is 12.3 Å². The zero-order valence-corrected chi connectivity index (χ0v) is 14.2. The molecule has 8 heteroatoms. The Morgan fingerprint density at radius 3 is 2.42 bits per heavy atom. The van der Waals surface area contributed by atoms with Crippen molar-refractivity contribution in [1.29, 1.82) is 0 Å². The number of benzene rings is 1. The highest BCUT2D eigenvalue weighted by atomic mass is 16.5. The summed E-state index contributed by atoms with van der Waals surface area (Å²) in [6, 6.07) is 6.42. The van der Waals surface area contributed by atoms with Gasteiger partial charge in [-0.15, -0.1) is 12.3 Å². The molecule has 2 amide bonds. The largest absolute Gasteiger partial charge is 0.480 e. The van der Waals surface area contributed by atoms with E-state index in [-0.39, 0.29) is 13.0 Å². The lowest BCUT2D eigenvalue weighted by Crippen LogP contribution is -2.53. The lowest BCUT2D eigenvalue weighted by atomic mass is 10.1. The number of rotatable bonds is 10. The Balaban J connectivity index is 2.51. The number of unbranched alkanes of at least 4 members (excludes halogenated alkanes) is 1. The van der Waals surface area contributed by atoms with Crippen molar-refractivity contribution in [3.63, 3.8) is 0 Å². The Hall–Kier alpha value is -3.05. The first-order valence-electron chi connectivity index (χ1n) is 8.02. The second kappa shape index (κ2) is 11.5. The van der Waals surface area contributed by atoms with Crippen LogP contribution >= 0.6 is 0 Å². The number of aliphatic hydroxyl groups is 1. The molecule has 26 heavy (non-hydrogen) atoms. The lowest BCUT2D eigenvalue weighted by molar-refractivity contribution is -0.142. The number of alkyl carbamates (subject to hydrolysis) is 1. The first kappa shape index (κ1) is 21.0. The van der Waals surface area contributed by atoms with Gasteiger partial charge in [-0.05, 0) is 18.4 Å². The summed E-state index contributed by atoms with van der Waals surface area (Å²) in [6.07, 6.45) is 5.15. The van der Waals surface area contributed by atoms with E-state index in [1.54, 1.807) is 24.3 Å². The van der Waals surface area contributed by atoms with E-state index in [4.69, 9.17) is 16.3 Å². The zero-order chi connectivity index (χ0) is 19.4. The maximum Gasteiger partial charge on any atom is 0.408 e. The molecule has 0 aliphatic carbocycles. The van der Waals surface area contributed by atoms with Crippen LogP contribution in [0.15, 0.2) is 30.3 Å². The molecule has 8 nitrogen and oxygen atoms in total. The van der Waals surface area contributed by atoms with Gasteiger partial charge < -0.3 is 25.6 Å². The van der Waals surface area contributed by atoms with Gasteiger partial charge in [0.2, 0.25) is 5.91 Å². The monoisotopic (exact) mass is 362 g/mol. The minimum atomic E-state index is -1.33. The maximum absolute atomic E-state index is 12.1. The van der Waals surface area contributed by atoms with Crippen LogP contribution in [0.3, 0.4) is 0 Å². The number of amides is 2. The predicted octanol–water partition coefficient (Wildman–Crippen LogP) is 0.647. The molecule has 0 unspecified atom stereocenters. The normalized spacial score (nSPS) is 12.3. The van der Waals surface area contributed by atoms with Gasteiger partial charge in [-0.3, -0.25) is 4.79 Å². The van der Waals surface area contributed by atoms with E-state index in [0.717, 1.165) is 5.56 Å². The third kappa shape index (κ3) is 7.68. The van der Waals surface area contributed by atoms with Gasteiger partial charge in [0.25, 0.3) is 0 Å². The van der Waals surface area contributed by atoms with Crippen molar-refractivity contribution in [2.75, 3.05) is 6.61 Å². The Labute approximate surface area is 151 Å². The molecule has 0 aromatic heterocycles. The van der Waals surface area contributed by atoms with Gasteiger partial charge in [0.05, 0.1) is 6.61 Å². The van der Waals surface area contributed by atoms with Crippen LogP contribution in [0, 0.1) is 12.3 Å². The summed E-state index contributed by atoms with van der Waals surface area (Å²) in [5.74, 6) is 0.338. The summed E-state index contributed by atoms with van der Waals surface area (Å²) in [7, 11) is 0. The minimum Gasteiger partial charge on any atom is -0.480 e. The van der Waals surface area contributed by atoms with E-state index in [1.807, 2.05) is 6.07 Å². The van der Waals surface area contributed by atoms with Crippen LogP contribution in [0.2, 0.25) is 0 Å². The number of hydrogen-bond donors (Lipinski definition) is 4. The number of carbonyl (C=O) groups excluding carboxylic acids is 2. The maximum atomic E-state index is 12.1. The number of aliphatic hydroxyl groups excluding tert-OH is 1. The second-order valence-electron chi connectivity index (χ2n) is 5.44. The molecule has 0 aliphatic heterocycles. The molecule has 1 rings (SSSR count). The van der Waals surface area contributed by atoms with Gasteiger partial charge in [0, 0.05) is 6.42 Å². The van der Waals surface area contributed by atoms with E-state index < -0.39 is 36.7 Å². The van der Waals surface area contributed by atoms with Crippen molar-refractivity contribution >= 4 is 18.0 Å². The molecule has 0 spiro atoms. The summed E-state index contributed by atoms with van der Waals surface area (Å²) in [5.41, 5.74) is 0.757. The van der Waals surface area contributed by atoms with Crippen molar-refractivity contribution < 1.29 is 29.3 Å². The Bertz CT molecular complexity index is 641. The van der Waals surface area contributed by atoms with Gasteiger partial charge >= 0.3 is 12.1 Å². The van der Waals surface area contributed by atoms with Crippen LogP contribution in [0.25, 0.3) is 0 Å². The predicted molar refractivity (Wildman–Crippen MR) is 92.9 cm³/mol. The molecule has 2 atom stereocenters. The number of carboxylic acids is 1. The highest BCUT2D eigenvalue weighted by Gasteiger charge is 2.26. The number of terminal acetylenes is 1. The van der Waals surface area contributed by atoms with E-state index >= 15 is 0 Å². The Kier molecular flexibility index (Phi) is 9.28. The molecule has 1 aromatic carbocycles. The summed E-state index contributed by atoms with van der Waals surface area (Å²) < 4.78 is 4.96. The van der Waals surface area contributed by atoms with Gasteiger partial charge in [0.15, 0.2) is 0 Å². The molecule has 0 heterocycles. The highest BCUT2D eigenvalue weighted by molar-refractivity contribution is 5.89. The summed E-state index contributed by atoms with van der Waals surface area (Å²) in [5, 5.41) is 22.9. The molecule has 4 N–H and O–H groups in total. The summed E-state index contributed by atoms with van der Waals surface area (Å²) in [6.45, 7) is -0.709. The number of ether oxygens (including phenoxy) is 1. The average molecular weight is 362 g/mol. The Morgan fingerprint density at radius 1 is 1.15 bits per heavy atom. The zero-order valence-electron chi connectivity index (χ0n) is 14.2. The number of hydrogen-bond acceptors (Lipinski definition) is 5. The first-order valence-corrected chi connectivity index (χ1v) is 8.02. The fourth-order valence-electron chi connectivity index (χ4n) is 2.04. The van der Waals surface area contributed by atoms with Crippen molar-refractivity contribution in [3.05, 3.63) is 35.9 Å². The van der Waals surface area contributed by atoms with Crippen LogP contribution < -0.4 is 10.6 Å². The quantitative estimate of drug-likeness (QED) is 0.358. The van der Waals surface area contributed by atoms with Crippen LogP contribution in [-0.2, 0) is 20.9 Å². The van der Waals surface area contributed by atoms with Gasteiger partial charge in [-0.1, -0.05) is 30.3 Å².